The lowest BCUT2D eigenvalue weighted by molar-refractivity contribution is -0.115. The van der Waals surface area contributed by atoms with Gasteiger partial charge in [-0.2, -0.15) is 0 Å². The second-order valence-corrected chi connectivity index (χ2v) is 6.38. The number of carbonyl (C=O) groups is 1. The van der Waals surface area contributed by atoms with Crippen molar-refractivity contribution in [3.63, 3.8) is 0 Å². The van der Waals surface area contributed by atoms with Gasteiger partial charge in [-0.05, 0) is 35.0 Å². The van der Waals surface area contributed by atoms with E-state index in [9.17, 15) is 13.2 Å². The van der Waals surface area contributed by atoms with Crippen LogP contribution in [0.2, 0.25) is 0 Å². The Morgan fingerprint density at radius 3 is 2.73 bits per heavy atom. The van der Waals surface area contributed by atoms with Crippen LogP contribution in [0.1, 0.15) is 6.92 Å². The minimum absolute atomic E-state index is 0.170. The molecule has 0 saturated heterocycles. The highest BCUT2D eigenvalue weighted by Gasteiger charge is 2.37. The van der Waals surface area contributed by atoms with Crippen molar-refractivity contribution in [3.8, 4) is 0 Å². The van der Waals surface area contributed by atoms with Gasteiger partial charge in [0, 0.05) is 4.47 Å². The minimum atomic E-state index is -3.53. The monoisotopic (exact) mass is 289 g/mol. The van der Waals surface area contributed by atoms with Gasteiger partial charge in [0.15, 0.2) is 9.84 Å². The van der Waals surface area contributed by atoms with E-state index >= 15 is 0 Å². The molecule has 1 unspecified atom stereocenters. The number of fused-ring (bicyclic) bond motifs is 1. The minimum Gasteiger partial charge on any atom is -0.323 e. The summed E-state index contributed by atoms with van der Waals surface area (Å²) in [5.41, 5.74) is 0.334. The van der Waals surface area contributed by atoms with Gasteiger partial charge in [-0.1, -0.05) is 6.07 Å². The van der Waals surface area contributed by atoms with Crippen LogP contribution < -0.4 is 5.32 Å². The number of amides is 1. The molecule has 0 aliphatic carbocycles. The van der Waals surface area contributed by atoms with Gasteiger partial charge in [0.05, 0.1) is 10.6 Å². The third-order valence-electron chi connectivity index (χ3n) is 2.36. The SMILES string of the molecule is CC1C(=O)Nc2c(Br)cccc2S1(=O)=O. The van der Waals surface area contributed by atoms with Crippen LogP contribution in [0, 0.1) is 0 Å². The van der Waals surface area contributed by atoms with Crippen LogP contribution >= 0.6 is 15.9 Å². The molecule has 0 spiro atoms. The maximum absolute atomic E-state index is 11.9. The molecule has 0 bridgehead atoms. The van der Waals surface area contributed by atoms with Crippen molar-refractivity contribution in [2.24, 2.45) is 0 Å². The predicted octanol–water partition coefficient (Wildman–Crippen LogP) is 1.56. The molecule has 1 N–H and O–H groups in total. The van der Waals surface area contributed by atoms with E-state index in [-0.39, 0.29) is 4.90 Å². The Morgan fingerprint density at radius 1 is 1.40 bits per heavy atom. The van der Waals surface area contributed by atoms with E-state index < -0.39 is 21.0 Å². The lowest BCUT2D eigenvalue weighted by Crippen LogP contribution is -2.37. The number of sulfone groups is 1. The van der Waals surface area contributed by atoms with Crippen molar-refractivity contribution in [2.45, 2.75) is 17.1 Å². The van der Waals surface area contributed by atoms with Gasteiger partial charge in [0.2, 0.25) is 5.91 Å². The van der Waals surface area contributed by atoms with E-state index in [1.54, 1.807) is 12.1 Å². The molecule has 2 rings (SSSR count). The van der Waals surface area contributed by atoms with Crippen molar-refractivity contribution in [1.82, 2.24) is 0 Å². The number of halogens is 1. The van der Waals surface area contributed by atoms with Crippen LogP contribution in [0.25, 0.3) is 0 Å². The predicted molar refractivity (Wildman–Crippen MR) is 59.4 cm³/mol. The molecule has 1 atom stereocenters. The first kappa shape index (κ1) is 10.6. The number of rotatable bonds is 0. The number of anilines is 1. The molecular weight excluding hydrogens is 282 g/mol. The Balaban J connectivity index is 2.78. The summed E-state index contributed by atoms with van der Waals surface area (Å²) < 4.78 is 24.3. The van der Waals surface area contributed by atoms with E-state index in [4.69, 9.17) is 0 Å². The average Bonchev–Trinajstić information content (AvgIpc) is 2.17. The van der Waals surface area contributed by atoms with Gasteiger partial charge in [-0.15, -0.1) is 0 Å². The Morgan fingerprint density at radius 2 is 2.07 bits per heavy atom. The van der Waals surface area contributed by atoms with E-state index in [1.165, 1.54) is 13.0 Å². The van der Waals surface area contributed by atoms with Crippen molar-refractivity contribution < 1.29 is 13.2 Å². The zero-order valence-electron chi connectivity index (χ0n) is 7.82. The first-order chi connectivity index (χ1) is 6.94. The summed E-state index contributed by atoms with van der Waals surface area (Å²) in [7, 11) is -3.53. The van der Waals surface area contributed by atoms with Crippen LogP contribution in [0.4, 0.5) is 5.69 Å². The zero-order chi connectivity index (χ0) is 11.2. The first-order valence-corrected chi connectivity index (χ1v) is 6.62. The standard InChI is InChI=1S/C9H8BrNO3S/c1-5-9(12)11-8-6(10)3-2-4-7(8)15(5,13)14/h2-5H,1H3,(H,11,12). The molecule has 6 heteroatoms. The number of hydrogen-bond acceptors (Lipinski definition) is 3. The second kappa shape index (κ2) is 3.31. The summed E-state index contributed by atoms with van der Waals surface area (Å²) in [6.07, 6.45) is 0. The molecule has 1 amide bonds. The molecule has 0 saturated carbocycles. The Hall–Kier alpha value is -0.880. The Bertz CT molecular complexity index is 538. The lowest BCUT2D eigenvalue weighted by Gasteiger charge is -2.22. The highest BCUT2D eigenvalue weighted by atomic mass is 79.9. The summed E-state index contributed by atoms with van der Waals surface area (Å²) in [5, 5.41) is 1.54. The third-order valence-corrected chi connectivity index (χ3v) is 5.12. The van der Waals surface area contributed by atoms with Gasteiger partial charge in [0.1, 0.15) is 5.25 Å². The van der Waals surface area contributed by atoms with Gasteiger partial charge in [-0.3, -0.25) is 4.79 Å². The van der Waals surface area contributed by atoms with Crippen LogP contribution in [-0.4, -0.2) is 19.6 Å². The molecule has 1 aromatic carbocycles. The molecule has 1 aromatic rings. The van der Waals surface area contributed by atoms with Crippen LogP contribution in [-0.2, 0) is 14.6 Å². The summed E-state index contributed by atoms with van der Waals surface area (Å²) >= 11 is 3.20. The highest BCUT2D eigenvalue weighted by Crippen LogP contribution is 2.35. The molecule has 0 radical (unpaired) electrons. The molecule has 1 aliphatic rings. The number of hydrogen-bond donors (Lipinski definition) is 1. The number of benzene rings is 1. The maximum atomic E-state index is 11.9. The van der Waals surface area contributed by atoms with Gasteiger partial charge < -0.3 is 5.32 Å². The average molecular weight is 290 g/mol. The van der Waals surface area contributed by atoms with Crippen molar-refractivity contribution in [1.29, 1.82) is 0 Å². The van der Waals surface area contributed by atoms with Crippen LogP contribution in [0.15, 0.2) is 27.6 Å². The Kier molecular flexibility index (Phi) is 2.35. The number of carbonyl (C=O) groups excluding carboxylic acids is 1. The van der Waals surface area contributed by atoms with Crippen LogP contribution in [0.3, 0.4) is 0 Å². The number of para-hydroxylation sites is 1. The molecule has 0 fully saturated rings. The fraction of sp³-hybridized carbons (Fsp3) is 0.222. The summed E-state index contributed by atoms with van der Waals surface area (Å²) in [6, 6.07) is 4.81. The molecule has 1 aliphatic heterocycles. The largest absolute Gasteiger partial charge is 0.323 e. The van der Waals surface area contributed by atoms with Gasteiger partial charge >= 0.3 is 0 Å². The molecule has 15 heavy (non-hydrogen) atoms. The van der Waals surface area contributed by atoms with E-state index in [2.05, 4.69) is 21.2 Å². The molecule has 0 aromatic heterocycles. The van der Waals surface area contributed by atoms with Crippen molar-refractivity contribution in [3.05, 3.63) is 22.7 Å². The molecular formula is C9H8BrNO3S. The lowest BCUT2D eigenvalue weighted by atomic mass is 10.3. The molecule has 4 nitrogen and oxygen atoms in total. The highest BCUT2D eigenvalue weighted by molar-refractivity contribution is 9.10. The normalized spacial score (nSPS) is 23.1. The fourth-order valence-electron chi connectivity index (χ4n) is 1.42. The number of nitrogens with one attached hydrogen (secondary N) is 1. The molecule has 1 heterocycles. The smallest absolute Gasteiger partial charge is 0.242 e. The third kappa shape index (κ3) is 1.48. The first-order valence-electron chi connectivity index (χ1n) is 4.28. The summed E-state index contributed by atoms with van der Waals surface area (Å²) in [4.78, 5) is 11.6. The van der Waals surface area contributed by atoms with Gasteiger partial charge in [0.25, 0.3) is 0 Å². The van der Waals surface area contributed by atoms with E-state index in [0.717, 1.165) is 0 Å². The van der Waals surface area contributed by atoms with E-state index in [0.29, 0.717) is 10.2 Å². The van der Waals surface area contributed by atoms with Crippen LogP contribution in [0.5, 0.6) is 0 Å². The second-order valence-electron chi connectivity index (χ2n) is 3.29. The quantitative estimate of drug-likeness (QED) is 0.788. The molecule has 80 valence electrons. The van der Waals surface area contributed by atoms with Crippen molar-refractivity contribution in [2.75, 3.05) is 5.32 Å². The zero-order valence-corrected chi connectivity index (χ0v) is 10.2. The summed E-state index contributed by atoms with van der Waals surface area (Å²) in [5.74, 6) is -0.491. The fourth-order valence-corrected chi connectivity index (χ4v) is 3.45. The summed E-state index contributed by atoms with van der Waals surface area (Å²) in [6.45, 7) is 1.38. The maximum Gasteiger partial charge on any atom is 0.242 e. The topological polar surface area (TPSA) is 63.2 Å². The van der Waals surface area contributed by atoms with Crippen molar-refractivity contribution >= 4 is 37.4 Å². The van der Waals surface area contributed by atoms with E-state index in [1.807, 2.05) is 0 Å². The Labute approximate surface area is 95.7 Å². The van der Waals surface area contributed by atoms with Gasteiger partial charge in [-0.25, -0.2) is 8.42 Å².